The number of aliphatic hydroxyl groups is 1. The molecule has 1 aliphatic rings. The van der Waals surface area contributed by atoms with E-state index in [4.69, 9.17) is 5.11 Å². The van der Waals surface area contributed by atoms with Gasteiger partial charge in [0, 0.05) is 6.20 Å². The lowest BCUT2D eigenvalue weighted by molar-refractivity contribution is -0.138. The van der Waals surface area contributed by atoms with Crippen molar-refractivity contribution in [3.05, 3.63) is 29.6 Å². The molecule has 0 aliphatic carbocycles. The van der Waals surface area contributed by atoms with Crippen molar-refractivity contribution in [2.75, 3.05) is 6.54 Å². The number of fused-ring (bicyclic) bond motifs is 1. The van der Waals surface area contributed by atoms with E-state index in [1.807, 2.05) is 0 Å². The second-order valence-corrected chi connectivity index (χ2v) is 6.72. The zero-order valence-corrected chi connectivity index (χ0v) is 14.7. The number of ketones is 1. The number of carboxylic acids is 1. The molecule has 0 aromatic carbocycles. The number of amides is 1. The van der Waals surface area contributed by atoms with Crippen molar-refractivity contribution < 1.29 is 24.6 Å². The quantitative estimate of drug-likeness (QED) is 0.654. The van der Waals surface area contributed by atoms with Crippen LogP contribution in [0.15, 0.2) is 23.9 Å². The minimum atomic E-state index is -1.22. The topological polar surface area (TPSA) is 109 Å². The second kappa shape index (κ2) is 7.13. The van der Waals surface area contributed by atoms with E-state index < -0.39 is 35.5 Å². The average Bonchev–Trinajstić information content (AvgIpc) is 3.07. The Morgan fingerprint density at radius 1 is 1.40 bits per heavy atom. The monoisotopic (exact) mass is 348 g/mol. The third-order valence-electron chi connectivity index (χ3n) is 4.92. The van der Waals surface area contributed by atoms with Crippen LogP contribution in [0.5, 0.6) is 0 Å². The van der Waals surface area contributed by atoms with Gasteiger partial charge in [0.15, 0.2) is 11.5 Å². The van der Waals surface area contributed by atoms with Crippen LogP contribution in [-0.4, -0.2) is 39.0 Å². The molecule has 1 aliphatic heterocycles. The Morgan fingerprint density at radius 2 is 2.08 bits per heavy atom. The normalized spacial score (nSPS) is 21.0. The van der Waals surface area contributed by atoms with Crippen LogP contribution < -0.4 is 5.32 Å². The van der Waals surface area contributed by atoms with Crippen molar-refractivity contribution in [1.29, 1.82) is 0 Å². The number of carbonyl (C=O) groups excluding carboxylic acids is 2. The summed E-state index contributed by atoms with van der Waals surface area (Å²) >= 11 is 0. The second-order valence-electron chi connectivity index (χ2n) is 6.72. The smallest absolute Gasteiger partial charge is 0.322 e. The molecule has 0 radical (unpaired) electrons. The average molecular weight is 348 g/mol. The number of aromatic nitrogens is 1. The van der Waals surface area contributed by atoms with Gasteiger partial charge in [-0.05, 0) is 37.8 Å². The van der Waals surface area contributed by atoms with Crippen molar-refractivity contribution >= 4 is 23.4 Å². The van der Waals surface area contributed by atoms with E-state index in [0.717, 1.165) is 12.8 Å². The lowest BCUT2D eigenvalue weighted by Crippen LogP contribution is -2.47. The maximum atomic E-state index is 13.1. The third-order valence-corrected chi connectivity index (χ3v) is 4.92. The fraction of sp³-hybridized carbons (Fsp3) is 0.500. The largest absolute Gasteiger partial charge is 0.505 e. The molecule has 2 rings (SSSR count). The summed E-state index contributed by atoms with van der Waals surface area (Å²) in [4.78, 5) is 36.0. The van der Waals surface area contributed by atoms with Crippen molar-refractivity contribution in [3.8, 4) is 0 Å². The Balaban J connectivity index is 2.41. The minimum absolute atomic E-state index is 0.376. The summed E-state index contributed by atoms with van der Waals surface area (Å²) in [7, 11) is 0. The summed E-state index contributed by atoms with van der Waals surface area (Å²) in [5.41, 5.74) is -0.990. The molecule has 7 nitrogen and oxygen atoms in total. The first-order valence-electron chi connectivity index (χ1n) is 8.38. The minimum Gasteiger partial charge on any atom is -0.505 e. The molecule has 0 spiro atoms. The number of carboxylic acid groups (broad SMARTS) is 1. The zero-order valence-electron chi connectivity index (χ0n) is 14.7. The van der Waals surface area contributed by atoms with Gasteiger partial charge in [-0.15, -0.1) is 0 Å². The summed E-state index contributed by atoms with van der Waals surface area (Å²) in [6, 6.07) is 3.34. The molecule has 1 aromatic heterocycles. The predicted molar refractivity (Wildman–Crippen MR) is 92.0 cm³/mol. The van der Waals surface area contributed by atoms with E-state index in [1.54, 1.807) is 29.8 Å². The van der Waals surface area contributed by atoms with Gasteiger partial charge in [-0.25, -0.2) is 0 Å². The van der Waals surface area contributed by atoms with Crippen LogP contribution in [0.25, 0.3) is 5.76 Å². The van der Waals surface area contributed by atoms with Gasteiger partial charge in [-0.2, -0.15) is 0 Å². The predicted octanol–water partition coefficient (Wildman–Crippen LogP) is 2.08. The highest BCUT2D eigenvalue weighted by Crippen LogP contribution is 2.38. The fourth-order valence-corrected chi connectivity index (χ4v) is 3.04. The molecule has 0 bridgehead atoms. The number of hydrogen-bond acceptors (Lipinski definition) is 4. The standard InChI is InChI=1S/C18H24N2O5/c1-4-11(2)7-8-18(3)16(24)14(17(25)19-10-13(21)22)15(23)12-6-5-9-20(12)18/h5-6,9,11,23H,4,7-8,10H2,1-3H3,(H,19,25)(H,21,22)/t11-,18-/m0/s1. The molecule has 7 heteroatoms. The lowest BCUT2D eigenvalue weighted by Gasteiger charge is -2.36. The van der Waals surface area contributed by atoms with Gasteiger partial charge in [0.2, 0.25) is 0 Å². The molecule has 1 aromatic rings. The Hall–Kier alpha value is -2.57. The van der Waals surface area contributed by atoms with E-state index in [2.05, 4.69) is 19.2 Å². The van der Waals surface area contributed by atoms with Gasteiger partial charge in [0.05, 0.1) is 5.69 Å². The molecule has 2 heterocycles. The number of Topliss-reactive ketones (excluding diaryl/α,β-unsaturated/α-hetero) is 1. The molecule has 25 heavy (non-hydrogen) atoms. The fourth-order valence-electron chi connectivity index (χ4n) is 3.04. The highest BCUT2D eigenvalue weighted by Gasteiger charge is 2.45. The Labute approximate surface area is 146 Å². The van der Waals surface area contributed by atoms with E-state index in [0.29, 0.717) is 18.0 Å². The van der Waals surface area contributed by atoms with Gasteiger partial charge in [-0.1, -0.05) is 20.3 Å². The number of aliphatic hydroxyl groups excluding tert-OH is 1. The summed E-state index contributed by atoms with van der Waals surface area (Å²) in [5, 5.41) is 21.3. The number of nitrogens with one attached hydrogen (secondary N) is 1. The Kier molecular flexibility index (Phi) is 5.35. The van der Waals surface area contributed by atoms with Crippen LogP contribution in [0, 0.1) is 5.92 Å². The zero-order chi connectivity index (χ0) is 18.8. The molecule has 0 unspecified atom stereocenters. The molecular weight excluding hydrogens is 324 g/mol. The maximum Gasteiger partial charge on any atom is 0.322 e. The SMILES string of the molecule is CC[C@H](C)CC[C@@]1(C)C(=O)C(C(=O)NCC(=O)O)=C(O)c2cccn21. The Bertz CT molecular complexity index is 734. The Morgan fingerprint density at radius 3 is 2.68 bits per heavy atom. The summed E-state index contributed by atoms with van der Waals surface area (Å²) in [6.07, 6.45) is 4.01. The first kappa shape index (κ1) is 18.8. The number of rotatable bonds is 7. The molecule has 0 fully saturated rings. The highest BCUT2D eigenvalue weighted by atomic mass is 16.4. The summed E-state index contributed by atoms with van der Waals surface area (Å²) < 4.78 is 1.70. The summed E-state index contributed by atoms with van der Waals surface area (Å²) in [5.74, 6) is -2.59. The van der Waals surface area contributed by atoms with Gasteiger partial charge < -0.3 is 20.1 Å². The molecule has 0 saturated heterocycles. The number of aliphatic carboxylic acids is 1. The van der Waals surface area contributed by atoms with Gasteiger partial charge in [0.1, 0.15) is 17.7 Å². The third kappa shape index (κ3) is 3.45. The number of carbonyl (C=O) groups is 3. The first-order chi connectivity index (χ1) is 11.7. The van der Waals surface area contributed by atoms with E-state index in [1.165, 1.54) is 0 Å². The van der Waals surface area contributed by atoms with E-state index in [-0.39, 0.29) is 5.57 Å². The van der Waals surface area contributed by atoms with Crippen LogP contribution in [0.1, 0.15) is 45.7 Å². The number of nitrogens with zero attached hydrogens (tertiary/aromatic N) is 1. The molecule has 1 amide bonds. The van der Waals surface area contributed by atoms with Crippen molar-refractivity contribution in [2.24, 2.45) is 5.92 Å². The van der Waals surface area contributed by atoms with Crippen molar-refractivity contribution in [1.82, 2.24) is 9.88 Å². The lowest BCUT2D eigenvalue weighted by atomic mass is 9.80. The van der Waals surface area contributed by atoms with Crippen molar-refractivity contribution in [3.63, 3.8) is 0 Å². The van der Waals surface area contributed by atoms with Crippen LogP contribution in [0.3, 0.4) is 0 Å². The van der Waals surface area contributed by atoms with Crippen LogP contribution in [0.4, 0.5) is 0 Å². The first-order valence-corrected chi connectivity index (χ1v) is 8.38. The van der Waals surface area contributed by atoms with E-state index in [9.17, 15) is 19.5 Å². The molecule has 3 N–H and O–H groups in total. The van der Waals surface area contributed by atoms with Gasteiger partial charge in [0.25, 0.3) is 5.91 Å². The van der Waals surface area contributed by atoms with Crippen molar-refractivity contribution in [2.45, 2.75) is 45.6 Å². The number of hydrogen-bond donors (Lipinski definition) is 3. The van der Waals surface area contributed by atoms with Crippen LogP contribution in [-0.2, 0) is 19.9 Å². The summed E-state index contributed by atoms with van der Waals surface area (Å²) in [6.45, 7) is 5.31. The molecule has 136 valence electrons. The highest BCUT2D eigenvalue weighted by molar-refractivity contribution is 6.27. The molecular formula is C18H24N2O5. The van der Waals surface area contributed by atoms with E-state index >= 15 is 0 Å². The maximum absolute atomic E-state index is 13.1. The van der Waals surface area contributed by atoms with Gasteiger partial charge in [-0.3, -0.25) is 14.4 Å². The van der Waals surface area contributed by atoms with Crippen LogP contribution in [0.2, 0.25) is 0 Å². The molecule has 0 saturated carbocycles. The molecule has 2 atom stereocenters. The van der Waals surface area contributed by atoms with Crippen LogP contribution >= 0.6 is 0 Å². The van der Waals surface area contributed by atoms with Gasteiger partial charge >= 0.3 is 5.97 Å².